The second-order valence-corrected chi connectivity index (χ2v) is 4.61. The van der Waals surface area contributed by atoms with E-state index in [1.165, 1.54) is 0 Å². The van der Waals surface area contributed by atoms with Crippen LogP contribution in [0.5, 0.6) is 0 Å². The van der Waals surface area contributed by atoms with Crippen molar-refractivity contribution in [1.82, 2.24) is 15.3 Å². The molecule has 1 saturated carbocycles. The molecule has 0 spiro atoms. The Bertz CT molecular complexity index is 660. The van der Waals surface area contributed by atoms with E-state index in [4.69, 9.17) is 0 Å². The number of carbonyl (C=O) groups excluding carboxylic acids is 1. The summed E-state index contributed by atoms with van der Waals surface area (Å²) in [5.41, 5.74) is 1.49. The van der Waals surface area contributed by atoms with Crippen molar-refractivity contribution in [3.8, 4) is 11.1 Å². The van der Waals surface area contributed by atoms with Crippen LogP contribution in [0.3, 0.4) is 0 Å². The molecule has 2 aromatic rings. The summed E-state index contributed by atoms with van der Waals surface area (Å²) < 4.78 is 0. The standard InChI is InChI=1S/C14H13N3O2/c18-13-12(14(19)17-11-1-2-11)7-10(8-16-13)9-3-5-15-6-4-9/h3-8,11H,1-2H2,(H,16,18)(H,17,19). The SMILES string of the molecule is O=C(NC1CC1)c1cc(-c2ccncc2)c[nH]c1=O. The van der Waals surface area contributed by atoms with Gasteiger partial charge in [-0.2, -0.15) is 0 Å². The molecular formula is C14H13N3O2. The predicted octanol–water partition coefficient (Wildman–Crippen LogP) is 1.33. The molecule has 19 heavy (non-hydrogen) atoms. The van der Waals surface area contributed by atoms with Gasteiger partial charge in [-0.05, 0) is 42.2 Å². The average Bonchev–Trinajstić information content (AvgIpc) is 3.24. The Morgan fingerprint density at radius 2 is 2.00 bits per heavy atom. The minimum absolute atomic E-state index is 0.154. The van der Waals surface area contributed by atoms with Crippen LogP contribution in [0.15, 0.2) is 41.6 Å². The van der Waals surface area contributed by atoms with Gasteiger partial charge in [-0.15, -0.1) is 0 Å². The Morgan fingerprint density at radius 3 is 2.68 bits per heavy atom. The van der Waals surface area contributed by atoms with Gasteiger partial charge in [0.05, 0.1) is 0 Å². The number of pyridine rings is 2. The molecule has 0 bridgehead atoms. The lowest BCUT2D eigenvalue weighted by molar-refractivity contribution is 0.0949. The smallest absolute Gasteiger partial charge is 0.260 e. The van der Waals surface area contributed by atoms with Crippen LogP contribution < -0.4 is 10.9 Å². The highest BCUT2D eigenvalue weighted by Gasteiger charge is 2.25. The zero-order valence-electron chi connectivity index (χ0n) is 10.2. The van der Waals surface area contributed by atoms with Gasteiger partial charge < -0.3 is 10.3 Å². The van der Waals surface area contributed by atoms with E-state index in [9.17, 15) is 9.59 Å². The number of H-pyrrole nitrogens is 1. The van der Waals surface area contributed by atoms with E-state index in [1.54, 1.807) is 24.7 Å². The van der Waals surface area contributed by atoms with E-state index in [1.807, 2.05) is 12.1 Å². The number of amides is 1. The van der Waals surface area contributed by atoms with Crippen LogP contribution in [0.1, 0.15) is 23.2 Å². The van der Waals surface area contributed by atoms with E-state index in [0.29, 0.717) is 0 Å². The van der Waals surface area contributed by atoms with Crippen molar-refractivity contribution < 1.29 is 4.79 Å². The molecule has 2 heterocycles. The first-order chi connectivity index (χ1) is 9.24. The first kappa shape index (κ1) is 11.6. The molecule has 1 fully saturated rings. The third-order valence-corrected chi connectivity index (χ3v) is 3.07. The molecule has 96 valence electrons. The van der Waals surface area contributed by atoms with Crippen LogP contribution in [-0.2, 0) is 0 Å². The molecule has 1 amide bonds. The molecule has 0 aromatic carbocycles. The molecule has 2 aromatic heterocycles. The highest BCUT2D eigenvalue weighted by Crippen LogP contribution is 2.20. The fourth-order valence-electron chi connectivity index (χ4n) is 1.85. The van der Waals surface area contributed by atoms with Crippen molar-refractivity contribution in [1.29, 1.82) is 0 Å². The number of carbonyl (C=O) groups is 1. The second-order valence-electron chi connectivity index (χ2n) is 4.61. The molecule has 3 rings (SSSR count). The topological polar surface area (TPSA) is 74.8 Å². The molecule has 1 aliphatic rings. The largest absolute Gasteiger partial charge is 0.349 e. The minimum atomic E-state index is -0.365. The summed E-state index contributed by atoms with van der Waals surface area (Å²) in [4.78, 5) is 30.2. The van der Waals surface area contributed by atoms with Crippen LogP contribution in [0, 0.1) is 0 Å². The van der Waals surface area contributed by atoms with Crippen molar-refractivity contribution in [3.63, 3.8) is 0 Å². The van der Waals surface area contributed by atoms with Crippen LogP contribution in [-0.4, -0.2) is 21.9 Å². The molecule has 0 unspecified atom stereocenters. The number of hydrogen-bond acceptors (Lipinski definition) is 3. The van der Waals surface area contributed by atoms with Crippen LogP contribution in [0.2, 0.25) is 0 Å². The Hall–Kier alpha value is -2.43. The van der Waals surface area contributed by atoms with Gasteiger partial charge in [-0.1, -0.05) is 0 Å². The minimum Gasteiger partial charge on any atom is -0.349 e. The average molecular weight is 255 g/mol. The van der Waals surface area contributed by atoms with Gasteiger partial charge in [0.15, 0.2) is 0 Å². The predicted molar refractivity (Wildman–Crippen MR) is 70.8 cm³/mol. The zero-order valence-corrected chi connectivity index (χ0v) is 10.2. The lowest BCUT2D eigenvalue weighted by atomic mass is 10.1. The van der Waals surface area contributed by atoms with Crippen molar-refractivity contribution in [2.45, 2.75) is 18.9 Å². The molecule has 0 saturated heterocycles. The van der Waals surface area contributed by atoms with E-state index in [0.717, 1.165) is 24.0 Å². The molecule has 5 nitrogen and oxygen atoms in total. The number of aromatic nitrogens is 2. The normalized spacial score (nSPS) is 14.1. The number of hydrogen-bond donors (Lipinski definition) is 2. The molecule has 2 N–H and O–H groups in total. The summed E-state index contributed by atoms with van der Waals surface area (Å²) >= 11 is 0. The molecular weight excluding hydrogens is 242 g/mol. The summed E-state index contributed by atoms with van der Waals surface area (Å²) in [7, 11) is 0. The Balaban J connectivity index is 1.95. The molecule has 1 aliphatic carbocycles. The van der Waals surface area contributed by atoms with E-state index in [-0.39, 0.29) is 23.1 Å². The number of nitrogens with zero attached hydrogens (tertiary/aromatic N) is 1. The Morgan fingerprint density at radius 1 is 1.26 bits per heavy atom. The van der Waals surface area contributed by atoms with Gasteiger partial charge >= 0.3 is 0 Å². The van der Waals surface area contributed by atoms with Gasteiger partial charge in [-0.3, -0.25) is 14.6 Å². The maximum Gasteiger partial charge on any atom is 0.260 e. The van der Waals surface area contributed by atoms with Gasteiger partial charge in [0.25, 0.3) is 11.5 Å². The fourth-order valence-corrected chi connectivity index (χ4v) is 1.85. The van der Waals surface area contributed by atoms with Gasteiger partial charge in [0.1, 0.15) is 5.56 Å². The lowest BCUT2D eigenvalue weighted by Gasteiger charge is -2.05. The van der Waals surface area contributed by atoms with Gasteiger partial charge in [0.2, 0.25) is 0 Å². The fraction of sp³-hybridized carbons (Fsp3) is 0.214. The zero-order chi connectivity index (χ0) is 13.2. The first-order valence-corrected chi connectivity index (χ1v) is 6.18. The highest BCUT2D eigenvalue weighted by atomic mass is 16.2. The monoisotopic (exact) mass is 255 g/mol. The molecule has 5 heteroatoms. The molecule has 0 aliphatic heterocycles. The summed E-state index contributed by atoms with van der Waals surface area (Å²) in [5.74, 6) is -0.306. The Kier molecular flexibility index (Phi) is 2.87. The van der Waals surface area contributed by atoms with Crippen molar-refractivity contribution in [2.75, 3.05) is 0 Å². The Labute approximate surface area is 109 Å². The van der Waals surface area contributed by atoms with E-state index >= 15 is 0 Å². The van der Waals surface area contributed by atoms with Gasteiger partial charge in [-0.25, -0.2) is 0 Å². The van der Waals surface area contributed by atoms with E-state index in [2.05, 4.69) is 15.3 Å². The maximum absolute atomic E-state index is 12.0. The summed E-state index contributed by atoms with van der Waals surface area (Å²) in [6, 6.07) is 5.51. The van der Waals surface area contributed by atoms with Crippen LogP contribution >= 0.6 is 0 Å². The second kappa shape index (κ2) is 4.68. The van der Waals surface area contributed by atoms with Crippen molar-refractivity contribution >= 4 is 5.91 Å². The highest BCUT2D eigenvalue weighted by molar-refractivity contribution is 5.95. The molecule has 0 atom stereocenters. The number of rotatable bonds is 3. The third-order valence-electron chi connectivity index (χ3n) is 3.07. The number of aromatic amines is 1. The number of nitrogens with one attached hydrogen (secondary N) is 2. The maximum atomic E-state index is 12.0. The quantitative estimate of drug-likeness (QED) is 0.868. The first-order valence-electron chi connectivity index (χ1n) is 6.18. The summed E-state index contributed by atoms with van der Waals surface area (Å²) in [5, 5.41) is 2.82. The molecule has 0 radical (unpaired) electrons. The van der Waals surface area contributed by atoms with Crippen LogP contribution in [0.4, 0.5) is 0 Å². The van der Waals surface area contributed by atoms with Gasteiger partial charge in [0, 0.05) is 24.6 Å². The van der Waals surface area contributed by atoms with Crippen LogP contribution in [0.25, 0.3) is 11.1 Å². The summed E-state index contributed by atoms with van der Waals surface area (Å²) in [6.45, 7) is 0. The third kappa shape index (κ3) is 2.54. The summed E-state index contributed by atoms with van der Waals surface area (Å²) in [6.07, 6.45) is 6.93. The lowest BCUT2D eigenvalue weighted by Crippen LogP contribution is -2.30. The van der Waals surface area contributed by atoms with Crippen molar-refractivity contribution in [2.24, 2.45) is 0 Å². The van der Waals surface area contributed by atoms with E-state index < -0.39 is 0 Å². The van der Waals surface area contributed by atoms with Crippen molar-refractivity contribution in [3.05, 3.63) is 52.7 Å².